The molecule has 1 saturated carbocycles. The van der Waals surface area contributed by atoms with Crippen LogP contribution in [0.5, 0.6) is 11.5 Å². The number of imide groups is 4. The molecule has 2 heterocycles. The van der Waals surface area contributed by atoms with Crippen molar-refractivity contribution in [3.8, 4) is 11.5 Å². The molecule has 5 amide bonds. The third-order valence-corrected chi connectivity index (χ3v) is 10.5. The Kier molecular flexibility index (Phi) is 7.75. The largest absolute Gasteiger partial charge is 0.573 e. The normalized spacial score (nSPS) is 29.5. The number of alkyl halides is 5. The van der Waals surface area contributed by atoms with Gasteiger partial charge in [-0.15, -0.1) is 36.4 Å². The van der Waals surface area contributed by atoms with Crippen molar-refractivity contribution in [3.05, 3.63) is 64.5 Å². The van der Waals surface area contributed by atoms with Gasteiger partial charge in [0.2, 0.25) is 17.6 Å². The van der Waals surface area contributed by atoms with Gasteiger partial charge in [0.1, 0.15) is 17.2 Å². The lowest BCUT2D eigenvalue weighted by Crippen LogP contribution is -2.60. The number of likely N-dealkylation sites (tertiary alicyclic amines) is 1. The van der Waals surface area contributed by atoms with Gasteiger partial charge in [-0.05, 0) is 37.0 Å². The van der Waals surface area contributed by atoms with Crippen LogP contribution in [0.1, 0.15) is 24.3 Å². The van der Waals surface area contributed by atoms with Gasteiger partial charge in [0.25, 0.3) is 11.8 Å². The van der Waals surface area contributed by atoms with Gasteiger partial charge in [0.05, 0.1) is 18.9 Å². The zero-order chi connectivity index (χ0) is 36.3. The molecule has 4 aliphatic rings. The topological polar surface area (TPSA) is 131 Å². The van der Waals surface area contributed by atoms with Crippen LogP contribution in [-0.4, -0.2) is 62.9 Å². The highest BCUT2D eigenvalue weighted by Gasteiger charge is 2.77. The van der Waals surface area contributed by atoms with Gasteiger partial charge in [-0.1, -0.05) is 11.6 Å². The van der Waals surface area contributed by atoms with Crippen molar-refractivity contribution in [1.29, 1.82) is 0 Å². The van der Waals surface area contributed by atoms with Gasteiger partial charge < -0.3 is 14.6 Å². The molecule has 6 rings (SSSR count). The average Bonchev–Trinajstić information content (AvgIpc) is 3.37. The van der Waals surface area contributed by atoms with Crippen LogP contribution in [-0.2, 0) is 23.9 Å². The van der Waals surface area contributed by atoms with E-state index < -0.39 is 139 Å². The number of hydrogen-bond acceptors (Lipinski definition) is 8. The zero-order valence-corrected chi connectivity index (χ0v) is 25.5. The van der Waals surface area contributed by atoms with Crippen LogP contribution in [0.3, 0.4) is 0 Å². The third-order valence-electron chi connectivity index (χ3n) is 9.12. The molecule has 10 nitrogen and oxygen atoms in total. The van der Waals surface area contributed by atoms with Crippen LogP contribution in [0.25, 0.3) is 0 Å². The molecule has 6 atom stereocenters. The number of carbonyl (C=O) groups excluding carboxylic acids is 5. The molecular weight excluding hydrogens is 727 g/mol. The average molecular weight is 743 g/mol. The number of anilines is 1. The molecular formula is C29H16Cl2F8N2O8. The molecule has 0 aromatic heterocycles. The van der Waals surface area contributed by atoms with Crippen LogP contribution < -0.4 is 9.64 Å². The van der Waals surface area contributed by atoms with Gasteiger partial charge in [0, 0.05) is 11.5 Å². The van der Waals surface area contributed by atoms with Crippen molar-refractivity contribution in [2.45, 2.75) is 34.9 Å². The summed E-state index contributed by atoms with van der Waals surface area (Å²) in [7, 11) is 0.857. The highest BCUT2D eigenvalue weighted by Crippen LogP contribution is 2.67. The number of allylic oxidation sites excluding steroid dienone is 2. The number of carbonyl (C=O) groups is 5. The van der Waals surface area contributed by atoms with E-state index in [9.17, 15) is 55.4 Å². The number of methoxy groups -OCH3 is 1. The van der Waals surface area contributed by atoms with Crippen molar-refractivity contribution < 1.29 is 73.7 Å². The SMILES string of the molecule is COC(=O)N1C(=O)[C@H]2[C@H](CC=C3[C@H]2C[C@@]2(Cl)C(=O)N(c4c(F)c(F)c(F)c(F)c4F)C(=O)[C@@]2(Cl)[C@H]3c2cc(OC(F)(F)F)ccc2O)C1=O. The maximum atomic E-state index is 15.1. The van der Waals surface area contributed by atoms with E-state index in [0.717, 1.165) is 7.11 Å². The van der Waals surface area contributed by atoms with Crippen molar-refractivity contribution in [1.82, 2.24) is 4.90 Å². The number of ether oxygens (including phenoxy) is 2. The van der Waals surface area contributed by atoms with E-state index in [4.69, 9.17) is 23.2 Å². The Morgan fingerprint density at radius 3 is 2.08 bits per heavy atom. The number of halogens is 10. The van der Waals surface area contributed by atoms with Crippen molar-refractivity contribution in [2.75, 3.05) is 12.0 Å². The predicted octanol–water partition coefficient (Wildman–Crippen LogP) is 5.32. The number of aromatic hydroxyl groups is 1. The summed E-state index contributed by atoms with van der Waals surface area (Å²) < 4.78 is 121. The maximum absolute atomic E-state index is 15.1. The lowest BCUT2D eigenvalue weighted by atomic mass is 9.56. The van der Waals surface area contributed by atoms with Gasteiger partial charge >= 0.3 is 12.5 Å². The fraction of sp³-hybridized carbons (Fsp3) is 0.345. The molecule has 0 spiro atoms. The molecule has 0 radical (unpaired) electrons. The number of nitrogens with zero attached hydrogens (tertiary/aromatic N) is 2. The molecule has 2 aromatic rings. The Bertz CT molecular complexity index is 1910. The van der Waals surface area contributed by atoms with Crippen LogP contribution in [0, 0.1) is 46.8 Å². The van der Waals surface area contributed by atoms with E-state index in [0.29, 0.717) is 18.2 Å². The van der Waals surface area contributed by atoms with Crippen LogP contribution in [0.15, 0.2) is 29.8 Å². The highest BCUT2D eigenvalue weighted by molar-refractivity contribution is 6.58. The number of rotatable bonds is 3. The van der Waals surface area contributed by atoms with E-state index >= 15 is 8.78 Å². The summed E-state index contributed by atoms with van der Waals surface area (Å²) in [6, 6.07) is 1.84. The quantitative estimate of drug-likeness (QED) is 0.112. The first-order valence-electron chi connectivity index (χ1n) is 13.8. The first-order chi connectivity index (χ1) is 22.7. The van der Waals surface area contributed by atoms with Gasteiger partial charge in [0.15, 0.2) is 33.0 Å². The van der Waals surface area contributed by atoms with Gasteiger partial charge in [-0.25, -0.2) is 31.6 Å². The maximum Gasteiger partial charge on any atom is 0.573 e. The first-order valence-corrected chi connectivity index (χ1v) is 14.5. The fourth-order valence-corrected chi connectivity index (χ4v) is 8.07. The molecule has 1 N–H and O–H groups in total. The minimum Gasteiger partial charge on any atom is -0.508 e. The molecule has 3 fully saturated rings. The van der Waals surface area contributed by atoms with E-state index in [-0.39, 0.29) is 10.5 Å². The number of phenols is 1. The van der Waals surface area contributed by atoms with Gasteiger partial charge in [-0.3, -0.25) is 19.2 Å². The standard InChI is InChI=1S/C29H16Cl2F8N2O8/c1-48-26(47)41-22(43)10-4-3-9-12(14(10)23(41)44)7-27(30)24(45)40(21-19(35)17(33)16(32)18(34)20(21)36)25(46)28(27,31)15(9)11-6-8(2-5-13(11)42)49-29(37,38)39/h2-3,5-6,10,12,14-15,42H,4,7H2,1H3/t10-,12+,14-,15+,27+,28-/m0/s1. The van der Waals surface area contributed by atoms with E-state index in [2.05, 4.69) is 9.47 Å². The smallest absolute Gasteiger partial charge is 0.508 e. The van der Waals surface area contributed by atoms with E-state index in [1.165, 1.54) is 6.08 Å². The monoisotopic (exact) mass is 742 g/mol. The van der Waals surface area contributed by atoms with E-state index in [1.807, 2.05) is 0 Å². The molecule has 2 aromatic carbocycles. The van der Waals surface area contributed by atoms with Crippen molar-refractivity contribution >= 4 is 58.6 Å². The fourth-order valence-electron chi connectivity index (χ4n) is 7.14. The summed E-state index contributed by atoms with van der Waals surface area (Å²) in [5.74, 6) is -27.6. The van der Waals surface area contributed by atoms with Crippen molar-refractivity contribution in [2.24, 2.45) is 17.8 Å². The molecule has 49 heavy (non-hydrogen) atoms. The minimum absolute atomic E-state index is 0.155. The second-order valence-electron chi connectivity index (χ2n) is 11.4. The second kappa shape index (κ2) is 11.0. The molecule has 2 saturated heterocycles. The molecule has 0 unspecified atom stereocenters. The Balaban J connectivity index is 1.62. The molecule has 2 aliphatic carbocycles. The summed E-state index contributed by atoms with van der Waals surface area (Å²) in [4.78, 5) is 60.8. The molecule has 2 aliphatic heterocycles. The Morgan fingerprint density at radius 2 is 1.51 bits per heavy atom. The van der Waals surface area contributed by atoms with Crippen LogP contribution >= 0.6 is 23.2 Å². The minimum atomic E-state index is -5.31. The van der Waals surface area contributed by atoms with Crippen LogP contribution in [0.4, 0.5) is 45.6 Å². The number of benzene rings is 2. The van der Waals surface area contributed by atoms with Gasteiger partial charge in [-0.2, -0.15) is 4.90 Å². The first kappa shape index (κ1) is 34.4. The highest BCUT2D eigenvalue weighted by atomic mass is 35.5. The molecule has 0 bridgehead atoms. The molecule has 20 heteroatoms. The number of fused-ring (bicyclic) bond motifs is 4. The Morgan fingerprint density at radius 1 is 0.918 bits per heavy atom. The Labute approximate surface area is 277 Å². The van der Waals surface area contributed by atoms with Crippen LogP contribution in [0.2, 0.25) is 0 Å². The summed E-state index contributed by atoms with van der Waals surface area (Å²) in [6.45, 7) is 0. The number of amides is 5. The number of hydrogen-bond donors (Lipinski definition) is 1. The lowest BCUT2D eigenvalue weighted by molar-refractivity contribution is -0.274. The van der Waals surface area contributed by atoms with E-state index in [1.54, 1.807) is 0 Å². The van der Waals surface area contributed by atoms with Crippen molar-refractivity contribution in [3.63, 3.8) is 0 Å². The lowest BCUT2D eigenvalue weighted by Gasteiger charge is -2.50. The summed E-state index contributed by atoms with van der Waals surface area (Å²) in [5.41, 5.74) is -3.02. The summed E-state index contributed by atoms with van der Waals surface area (Å²) in [5, 5.41) is 10.9. The summed E-state index contributed by atoms with van der Waals surface area (Å²) >= 11 is 13.7. The number of phenolic OH excluding ortho intramolecular Hbond substituents is 1. The Hall–Kier alpha value is -4.45. The summed E-state index contributed by atoms with van der Waals surface area (Å²) in [6.07, 6.45) is -6.88. The predicted molar refractivity (Wildman–Crippen MR) is 145 cm³/mol. The zero-order valence-electron chi connectivity index (χ0n) is 24.0. The second-order valence-corrected chi connectivity index (χ2v) is 12.7. The molecule has 260 valence electrons. The third kappa shape index (κ3) is 4.55.